The van der Waals surface area contributed by atoms with Crippen molar-refractivity contribution >= 4 is 5.91 Å². The maximum atomic E-state index is 12.2. The number of ether oxygens (including phenoxy) is 1. The third-order valence-corrected chi connectivity index (χ3v) is 3.52. The zero-order valence-electron chi connectivity index (χ0n) is 13.6. The van der Waals surface area contributed by atoms with Gasteiger partial charge in [0.1, 0.15) is 5.75 Å². The first kappa shape index (κ1) is 16.6. The Hall–Kier alpha value is -3.25. The smallest absolute Gasteiger partial charge is 0.322 e. The minimum Gasteiger partial charge on any atom is -0.424 e. The maximum absolute atomic E-state index is 12.2. The summed E-state index contributed by atoms with van der Waals surface area (Å²) in [7, 11) is 0. The topological polar surface area (TPSA) is 90.1 Å². The van der Waals surface area contributed by atoms with E-state index in [1.165, 1.54) is 0 Å². The molecule has 1 amide bonds. The third-order valence-electron chi connectivity index (χ3n) is 3.52. The second-order valence-corrected chi connectivity index (χ2v) is 5.33. The van der Waals surface area contributed by atoms with Crippen molar-refractivity contribution in [3.63, 3.8) is 0 Å². The van der Waals surface area contributed by atoms with Gasteiger partial charge >= 0.3 is 6.01 Å². The largest absolute Gasteiger partial charge is 0.424 e. The molecule has 0 unspecified atom stereocenters. The van der Waals surface area contributed by atoms with Crippen molar-refractivity contribution in [2.75, 3.05) is 0 Å². The molecule has 0 saturated carbocycles. The lowest BCUT2D eigenvalue weighted by atomic mass is 10.2. The first-order valence-corrected chi connectivity index (χ1v) is 7.86. The number of nitrogens with two attached hydrogens (primary N) is 1. The van der Waals surface area contributed by atoms with Crippen LogP contribution in [0.4, 0.5) is 0 Å². The number of carbonyl (C=O) groups is 1. The molecular weight excluding hydrogens is 316 g/mol. The Morgan fingerprint density at radius 2 is 1.80 bits per heavy atom. The Morgan fingerprint density at radius 3 is 2.52 bits per heavy atom. The van der Waals surface area contributed by atoms with Gasteiger partial charge in [0.05, 0.1) is 5.69 Å². The van der Waals surface area contributed by atoms with E-state index in [0.29, 0.717) is 30.1 Å². The molecule has 0 aliphatic rings. The van der Waals surface area contributed by atoms with Crippen LogP contribution in [0.5, 0.6) is 11.8 Å². The number of benzene rings is 2. The van der Waals surface area contributed by atoms with Gasteiger partial charge in [-0.05, 0) is 35.9 Å². The van der Waals surface area contributed by atoms with Crippen molar-refractivity contribution in [2.45, 2.75) is 13.1 Å². The molecule has 0 aliphatic heterocycles. The number of hydrogen-bond acceptors (Lipinski definition) is 5. The van der Waals surface area contributed by atoms with Gasteiger partial charge in [-0.2, -0.15) is 4.98 Å². The highest BCUT2D eigenvalue weighted by molar-refractivity contribution is 5.94. The fraction of sp³-hybridized carbons (Fsp3) is 0.105. The average molecular weight is 334 g/mol. The first-order valence-electron chi connectivity index (χ1n) is 7.86. The van der Waals surface area contributed by atoms with Crippen LogP contribution in [0.3, 0.4) is 0 Å². The summed E-state index contributed by atoms with van der Waals surface area (Å²) < 4.78 is 5.58. The molecule has 1 heterocycles. The summed E-state index contributed by atoms with van der Waals surface area (Å²) in [6.45, 7) is 0.803. The van der Waals surface area contributed by atoms with Gasteiger partial charge in [0.25, 0.3) is 5.91 Å². The molecule has 3 aromatic rings. The number of amides is 1. The summed E-state index contributed by atoms with van der Waals surface area (Å²) in [4.78, 5) is 20.4. The molecule has 0 atom stereocenters. The van der Waals surface area contributed by atoms with Crippen LogP contribution in [0.2, 0.25) is 0 Å². The van der Waals surface area contributed by atoms with Gasteiger partial charge < -0.3 is 15.8 Å². The van der Waals surface area contributed by atoms with Crippen LogP contribution >= 0.6 is 0 Å². The molecule has 0 saturated heterocycles. The average Bonchev–Trinajstić information content (AvgIpc) is 2.67. The number of nitrogens with one attached hydrogen (secondary N) is 1. The van der Waals surface area contributed by atoms with E-state index in [0.717, 1.165) is 5.56 Å². The van der Waals surface area contributed by atoms with Crippen molar-refractivity contribution in [1.82, 2.24) is 15.3 Å². The number of carbonyl (C=O) groups excluding carboxylic acids is 1. The number of nitrogens with zero attached hydrogens (tertiary/aromatic N) is 2. The summed E-state index contributed by atoms with van der Waals surface area (Å²) in [6, 6.07) is 18.5. The highest BCUT2D eigenvalue weighted by atomic mass is 16.5. The molecule has 0 radical (unpaired) electrons. The minimum atomic E-state index is -0.142. The van der Waals surface area contributed by atoms with Crippen LogP contribution in [0, 0.1) is 0 Å². The lowest BCUT2D eigenvalue weighted by molar-refractivity contribution is 0.0951. The zero-order chi connectivity index (χ0) is 17.5. The second kappa shape index (κ2) is 8.03. The van der Waals surface area contributed by atoms with Gasteiger partial charge in [0, 0.05) is 24.8 Å². The van der Waals surface area contributed by atoms with Crippen LogP contribution in [0.1, 0.15) is 21.6 Å². The summed E-state index contributed by atoms with van der Waals surface area (Å²) >= 11 is 0. The summed E-state index contributed by atoms with van der Waals surface area (Å²) in [5.74, 6) is 0.408. The molecular formula is C19H18N4O2. The maximum Gasteiger partial charge on any atom is 0.322 e. The molecule has 0 spiro atoms. The summed E-state index contributed by atoms with van der Waals surface area (Å²) in [5.41, 5.74) is 7.85. The number of aromatic nitrogens is 2. The van der Waals surface area contributed by atoms with E-state index >= 15 is 0 Å². The Kier molecular flexibility index (Phi) is 5.33. The molecule has 0 bridgehead atoms. The van der Waals surface area contributed by atoms with E-state index in [-0.39, 0.29) is 11.9 Å². The molecule has 25 heavy (non-hydrogen) atoms. The van der Waals surface area contributed by atoms with Crippen LogP contribution in [-0.2, 0) is 13.1 Å². The molecule has 2 aromatic carbocycles. The van der Waals surface area contributed by atoms with Gasteiger partial charge in [-0.3, -0.25) is 4.79 Å². The highest BCUT2D eigenvalue weighted by Crippen LogP contribution is 2.18. The van der Waals surface area contributed by atoms with Gasteiger partial charge in [0.15, 0.2) is 0 Å². The van der Waals surface area contributed by atoms with E-state index in [2.05, 4.69) is 15.3 Å². The molecule has 6 nitrogen and oxygen atoms in total. The van der Waals surface area contributed by atoms with Gasteiger partial charge in [-0.1, -0.05) is 30.3 Å². The fourth-order valence-electron chi connectivity index (χ4n) is 2.20. The monoisotopic (exact) mass is 334 g/mol. The van der Waals surface area contributed by atoms with Gasteiger partial charge in [-0.15, -0.1) is 0 Å². The van der Waals surface area contributed by atoms with E-state index in [4.69, 9.17) is 10.5 Å². The Labute approximate surface area is 145 Å². The lowest BCUT2D eigenvalue weighted by Crippen LogP contribution is -2.22. The number of hydrogen-bond donors (Lipinski definition) is 2. The summed E-state index contributed by atoms with van der Waals surface area (Å²) in [6.07, 6.45) is 1.59. The van der Waals surface area contributed by atoms with Crippen LogP contribution in [0.15, 0.2) is 66.9 Å². The quantitative estimate of drug-likeness (QED) is 0.723. The van der Waals surface area contributed by atoms with Crippen molar-refractivity contribution in [3.05, 3.63) is 83.7 Å². The lowest BCUT2D eigenvalue weighted by Gasteiger charge is -2.07. The molecule has 0 aliphatic carbocycles. The van der Waals surface area contributed by atoms with Crippen LogP contribution < -0.4 is 15.8 Å². The van der Waals surface area contributed by atoms with E-state index < -0.39 is 0 Å². The van der Waals surface area contributed by atoms with Crippen molar-refractivity contribution in [1.29, 1.82) is 0 Å². The molecule has 3 N–H and O–H groups in total. The zero-order valence-corrected chi connectivity index (χ0v) is 13.6. The minimum absolute atomic E-state index is 0.142. The molecule has 6 heteroatoms. The van der Waals surface area contributed by atoms with Crippen molar-refractivity contribution < 1.29 is 9.53 Å². The first-order chi connectivity index (χ1) is 12.2. The normalized spacial score (nSPS) is 10.3. The van der Waals surface area contributed by atoms with E-state index in [9.17, 15) is 4.79 Å². The number of rotatable bonds is 6. The second-order valence-electron chi connectivity index (χ2n) is 5.33. The standard InChI is InChI=1S/C19H18N4O2/c20-12-16-10-11-21-19(23-16)25-17-8-6-15(7-9-17)18(24)22-13-14-4-2-1-3-5-14/h1-11H,12-13,20H2,(H,22,24). The Morgan fingerprint density at radius 1 is 1.04 bits per heavy atom. The Bertz CT molecular complexity index is 836. The Balaban J connectivity index is 1.60. The fourth-order valence-corrected chi connectivity index (χ4v) is 2.20. The van der Waals surface area contributed by atoms with Crippen molar-refractivity contribution in [3.8, 4) is 11.8 Å². The van der Waals surface area contributed by atoms with E-state index in [1.807, 2.05) is 30.3 Å². The van der Waals surface area contributed by atoms with E-state index in [1.54, 1.807) is 36.5 Å². The molecule has 3 rings (SSSR count). The predicted molar refractivity (Wildman–Crippen MR) is 94.1 cm³/mol. The molecule has 1 aromatic heterocycles. The SMILES string of the molecule is NCc1ccnc(Oc2ccc(C(=O)NCc3ccccc3)cc2)n1. The van der Waals surface area contributed by atoms with Crippen LogP contribution in [-0.4, -0.2) is 15.9 Å². The van der Waals surface area contributed by atoms with Gasteiger partial charge in [-0.25, -0.2) is 4.98 Å². The molecule has 126 valence electrons. The third kappa shape index (κ3) is 4.62. The van der Waals surface area contributed by atoms with Crippen LogP contribution in [0.25, 0.3) is 0 Å². The summed E-state index contributed by atoms with van der Waals surface area (Å²) in [5, 5.41) is 2.88. The van der Waals surface area contributed by atoms with Gasteiger partial charge in [0.2, 0.25) is 0 Å². The highest BCUT2D eigenvalue weighted by Gasteiger charge is 2.07. The predicted octanol–water partition coefficient (Wildman–Crippen LogP) is 2.66. The van der Waals surface area contributed by atoms with Crippen molar-refractivity contribution in [2.24, 2.45) is 5.73 Å². The molecule has 0 fully saturated rings.